The fourth-order valence-electron chi connectivity index (χ4n) is 2.83. The van der Waals surface area contributed by atoms with Crippen LogP contribution in [-0.4, -0.2) is 18.4 Å². The molecule has 2 amide bonds. The van der Waals surface area contributed by atoms with Crippen LogP contribution in [0.2, 0.25) is 0 Å². The number of hydrogen-bond acceptors (Lipinski definition) is 2. The van der Waals surface area contributed by atoms with Gasteiger partial charge < -0.3 is 10.2 Å². The quantitative estimate of drug-likeness (QED) is 0.942. The van der Waals surface area contributed by atoms with Gasteiger partial charge in [-0.25, -0.2) is 0 Å². The smallest absolute Gasteiger partial charge is 0.228 e. The molecule has 0 saturated carbocycles. The Labute approximate surface area is 136 Å². The summed E-state index contributed by atoms with van der Waals surface area (Å²) in [6, 6.07) is 15.3. The van der Waals surface area contributed by atoms with Crippen LogP contribution in [-0.2, 0) is 16.0 Å². The molecule has 1 fully saturated rings. The number of hydrogen-bond donors (Lipinski definition) is 1. The van der Waals surface area contributed by atoms with Crippen LogP contribution < -0.4 is 10.2 Å². The Morgan fingerprint density at radius 3 is 2.52 bits per heavy atom. The fraction of sp³-hybridized carbons (Fsp3) is 0.263. The van der Waals surface area contributed by atoms with Crippen molar-refractivity contribution in [3.63, 3.8) is 0 Å². The van der Waals surface area contributed by atoms with E-state index in [1.54, 1.807) is 4.90 Å². The summed E-state index contributed by atoms with van der Waals surface area (Å²) in [4.78, 5) is 25.7. The minimum Gasteiger partial charge on any atom is -0.326 e. The fourth-order valence-corrected chi connectivity index (χ4v) is 2.83. The third kappa shape index (κ3) is 3.59. The van der Waals surface area contributed by atoms with Gasteiger partial charge in [0.25, 0.3) is 0 Å². The number of amides is 2. The lowest BCUT2D eigenvalue weighted by molar-refractivity contribution is -0.117. The van der Waals surface area contributed by atoms with E-state index < -0.39 is 0 Å². The van der Waals surface area contributed by atoms with Crippen molar-refractivity contribution >= 4 is 23.2 Å². The van der Waals surface area contributed by atoms with Crippen molar-refractivity contribution in [2.75, 3.05) is 16.8 Å². The Balaban J connectivity index is 1.63. The molecule has 0 aliphatic carbocycles. The molecule has 0 unspecified atom stereocenters. The maximum Gasteiger partial charge on any atom is 0.228 e. The first-order valence-corrected chi connectivity index (χ1v) is 7.88. The Morgan fingerprint density at radius 2 is 1.87 bits per heavy atom. The van der Waals surface area contributed by atoms with Gasteiger partial charge in [-0.05, 0) is 48.7 Å². The largest absolute Gasteiger partial charge is 0.326 e. The Hall–Kier alpha value is -2.62. The van der Waals surface area contributed by atoms with E-state index in [-0.39, 0.29) is 11.8 Å². The van der Waals surface area contributed by atoms with Crippen molar-refractivity contribution in [2.24, 2.45) is 0 Å². The van der Waals surface area contributed by atoms with Gasteiger partial charge in [0.15, 0.2) is 0 Å². The monoisotopic (exact) mass is 308 g/mol. The third-order valence-electron chi connectivity index (χ3n) is 4.15. The third-order valence-corrected chi connectivity index (χ3v) is 4.15. The van der Waals surface area contributed by atoms with Crippen LogP contribution >= 0.6 is 0 Å². The molecule has 0 atom stereocenters. The summed E-state index contributed by atoms with van der Waals surface area (Å²) in [5.74, 6) is 0.130. The van der Waals surface area contributed by atoms with Gasteiger partial charge in [-0.1, -0.05) is 24.3 Å². The number of aryl methyl sites for hydroxylation is 1. The van der Waals surface area contributed by atoms with Crippen molar-refractivity contribution in [2.45, 2.75) is 26.2 Å². The predicted molar refractivity (Wildman–Crippen MR) is 91.5 cm³/mol. The highest BCUT2D eigenvalue weighted by atomic mass is 16.2. The number of rotatable bonds is 4. The van der Waals surface area contributed by atoms with Crippen LogP contribution in [0, 0.1) is 6.92 Å². The summed E-state index contributed by atoms with van der Waals surface area (Å²) < 4.78 is 0. The molecule has 0 bridgehead atoms. The van der Waals surface area contributed by atoms with E-state index in [1.165, 1.54) is 0 Å². The lowest BCUT2D eigenvalue weighted by atomic mass is 10.1. The van der Waals surface area contributed by atoms with Crippen molar-refractivity contribution < 1.29 is 9.59 Å². The van der Waals surface area contributed by atoms with Gasteiger partial charge in [0.05, 0.1) is 6.42 Å². The highest BCUT2D eigenvalue weighted by Gasteiger charge is 2.21. The lowest BCUT2D eigenvalue weighted by Crippen LogP contribution is -2.23. The number of nitrogens with one attached hydrogen (secondary N) is 1. The number of anilines is 2. The first-order valence-electron chi connectivity index (χ1n) is 7.88. The normalized spacial score (nSPS) is 14.1. The van der Waals surface area contributed by atoms with Crippen LogP contribution in [0.15, 0.2) is 48.5 Å². The second-order valence-corrected chi connectivity index (χ2v) is 5.85. The molecule has 23 heavy (non-hydrogen) atoms. The summed E-state index contributed by atoms with van der Waals surface area (Å²) >= 11 is 0. The molecule has 2 aromatic rings. The molecule has 3 rings (SSSR count). The SMILES string of the molecule is Cc1ccccc1CC(=O)Nc1ccc(N2CCCC2=O)cc1. The molecule has 1 heterocycles. The number of carbonyl (C=O) groups excluding carboxylic acids is 2. The van der Waals surface area contributed by atoms with Crippen LogP contribution in [0.1, 0.15) is 24.0 Å². The summed E-state index contributed by atoms with van der Waals surface area (Å²) in [6.45, 7) is 2.78. The van der Waals surface area contributed by atoms with E-state index in [9.17, 15) is 9.59 Å². The molecule has 118 valence electrons. The average Bonchev–Trinajstić information content (AvgIpc) is 2.96. The molecule has 4 heteroatoms. The van der Waals surface area contributed by atoms with Gasteiger partial charge in [-0.2, -0.15) is 0 Å². The predicted octanol–water partition coefficient (Wildman–Crippen LogP) is 3.30. The second kappa shape index (κ2) is 6.65. The average molecular weight is 308 g/mol. The number of benzene rings is 2. The van der Waals surface area contributed by atoms with E-state index >= 15 is 0 Å². The Kier molecular flexibility index (Phi) is 4.42. The zero-order chi connectivity index (χ0) is 16.2. The number of carbonyl (C=O) groups is 2. The van der Waals surface area contributed by atoms with E-state index in [4.69, 9.17) is 0 Å². The molecule has 0 radical (unpaired) electrons. The highest BCUT2D eigenvalue weighted by Crippen LogP contribution is 2.23. The van der Waals surface area contributed by atoms with Crippen LogP contribution in [0.5, 0.6) is 0 Å². The van der Waals surface area contributed by atoms with Gasteiger partial charge in [0.2, 0.25) is 11.8 Å². The zero-order valence-electron chi connectivity index (χ0n) is 13.2. The molecule has 1 aliphatic heterocycles. The summed E-state index contributed by atoms with van der Waals surface area (Å²) in [7, 11) is 0. The summed E-state index contributed by atoms with van der Waals surface area (Å²) in [6.07, 6.45) is 1.89. The zero-order valence-corrected chi connectivity index (χ0v) is 13.2. The van der Waals surface area contributed by atoms with Gasteiger partial charge in [-0.15, -0.1) is 0 Å². The molecule has 1 aliphatic rings. The van der Waals surface area contributed by atoms with E-state index in [1.807, 2.05) is 55.5 Å². The van der Waals surface area contributed by atoms with Crippen LogP contribution in [0.4, 0.5) is 11.4 Å². The van der Waals surface area contributed by atoms with E-state index in [0.29, 0.717) is 12.8 Å². The van der Waals surface area contributed by atoms with Crippen molar-refractivity contribution in [1.82, 2.24) is 0 Å². The molecule has 0 spiro atoms. The maximum absolute atomic E-state index is 12.2. The summed E-state index contributed by atoms with van der Waals surface area (Å²) in [5.41, 5.74) is 3.79. The van der Waals surface area contributed by atoms with E-state index in [0.717, 1.165) is 35.5 Å². The first kappa shape index (κ1) is 15.3. The topological polar surface area (TPSA) is 49.4 Å². The summed E-state index contributed by atoms with van der Waals surface area (Å²) in [5, 5.41) is 2.90. The molecular weight excluding hydrogens is 288 g/mol. The molecule has 1 N–H and O–H groups in total. The van der Waals surface area contributed by atoms with Gasteiger partial charge in [-0.3, -0.25) is 9.59 Å². The van der Waals surface area contributed by atoms with Gasteiger partial charge in [0.1, 0.15) is 0 Å². The van der Waals surface area contributed by atoms with Crippen LogP contribution in [0.25, 0.3) is 0 Å². The highest BCUT2D eigenvalue weighted by molar-refractivity contribution is 5.96. The van der Waals surface area contributed by atoms with Crippen molar-refractivity contribution in [3.8, 4) is 0 Å². The molecule has 1 saturated heterocycles. The van der Waals surface area contributed by atoms with Crippen LogP contribution in [0.3, 0.4) is 0 Å². The number of nitrogens with zero attached hydrogens (tertiary/aromatic N) is 1. The van der Waals surface area contributed by atoms with Gasteiger partial charge >= 0.3 is 0 Å². The first-order chi connectivity index (χ1) is 11.1. The minimum atomic E-state index is -0.0377. The molecule has 4 nitrogen and oxygen atoms in total. The molecular formula is C19H20N2O2. The minimum absolute atomic E-state index is 0.0377. The molecule has 2 aromatic carbocycles. The Bertz CT molecular complexity index is 722. The Morgan fingerprint density at radius 1 is 1.13 bits per heavy atom. The van der Waals surface area contributed by atoms with E-state index in [2.05, 4.69) is 5.32 Å². The van der Waals surface area contributed by atoms with Crippen molar-refractivity contribution in [1.29, 1.82) is 0 Å². The molecule has 0 aromatic heterocycles. The maximum atomic E-state index is 12.2. The lowest BCUT2D eigenvalue weighted by Gasteiger charge is -2.16. The van der Waals surface area contributed by atoms with Gasteiger partial charge in [0, 0.05) is 24.3 Å². The second-order valence-electron chi connectivity index (χ2n) is 5.85. The standard InChI is InChI=1S/C19H20N2O2/c1-14-5-2-3-6-15(14)13-18(22)20-16-8-10-17(11-9-16)21-12-4-7-19(21)23/h2-3,5-6,8-11H,4,7,12-13H2,1H3,(H,20,22). The van der Waals surface area contributed by atoms with Crippen molar-refractivity contribution in [3.05, 3.63) is 59.7 Å².